The van der Waals surface area contributed by atoms with Crippen LogP contribution in [0.15, 0.2) is 42.5 Å². The Kier molecular flexibility index (Phi) is 5.12. The number of carbonyl (C=O) groups is 1. The highest BCUT2D eigenvalue weighted by atomic mass is 16.6. The summed E-state index contributed by atoms with van der Waals surface area (Å²) in [5.74, 6) is 1.95. The fourth-order valence-corrected chi connectivity index (χ4v) is 2.57. The van der Waals surface area contributed by atoms with Crippen LogP contribution in [-0.4, -0.2) is 31.3 Å². The fourth-order valence-electron chi connectivity index (χ4n) is 2.57. The molecule has 1 amide bonds. The van der Waals surface area contributed by atoms with Gasteiger partial charge in [-0.2, -0.15) is 0 Å². The Hall–Kier alpha value is -2.69. The lowest BCUT2D eigenvalue weighted by Gasteiger charge is -2.27. The monoisotopic (exact) mass is 341 g/mol. The van der Waals surface area contributed by atoms with E-state index >= 15 is 0 Å². The maximum absolute atomic E-state index is 12.3. The molecule has 1 N–H and O–H groups in total. The van der Waals surface area contributed by atoms with E-state index in [-0.39, 0.29) is 12.0 Å². The van der Waals surface area contributed by atoms with E-state index in [9.17, 15) is 4.79 Å². The zero-order valence-corrected chi connectivity index (χ0v) is 14.7. The molecule has 5 nitrogen and oxygen atoms in total. The number of amides is 1. The van der Waals surface area contributed by atoms with Gasteiger partial charge in [-0.15, -0.1) is 0 Å². The second-order valence-electron chi connectivity index (χ2n) is 6.25. The van der Waals surface area contributed by atoms with Crippen molar-refractivity contribution in [2.45, 2.75) is 33.0 Å². The van der Waals surface area contributed by atoms with Crippen molar-refractivity contribution < 1.29 is 19.0 Å². The van der Waals surface area contributed by atoms with Gasteiger partial charge in [-0.25, -0.2) is 0 Å². The van der Waals surface area contributed by atoms with Gasteiger partial charge < -0.3 is 19.5 Å². The highest BCUT2D eigenvalue weighted by Gasteiger charge is 2.22. The van der Waals surface area contributed by atoms with E-state index in [1.165, 1.54) is 5.56 Å². The van der Waals surface area contributed by atoms with Crippen LogP contribution in [0.3, 0.4) is 0 Å². The molecule has 5 heteroatoms. The van der Waals surface area contributed by atoms with Gasteiger partial charge in [0.15, 0.2) is 17.6 Å². The van der Waals surface area contributed by atoms with Gasteiger partial charge in [-0.05, 0) is 56.2 Å². The highest BCUT2D eigenvalue weighted by Crippen LogP contribution is 2.30. The Morgan fingerprint density at radius 2 is 1.96 bits per heavy atom. The predicted molar refractivity (Wildman–Crippen MR) is 95.4 cm³/mol. The topological polar surface area (TPSA) is 56.8 Å². The summed E-state index contributed by atoms with van der Waals surface area (Å²) in [6.07, 6.45) is -0.799. The Labute approximate surface area is 147 Å². The number of benzene rings is 2. The fraction of sp³-hybridized carbons (Fsp3) is 0.350. The molecule has 0 spiro atoms. The van der Waals surface area contributed by atoms with E-state index in [4.69, 9.17) is 14.2 Å². The first-order chi connectivity index (χ1) is 12.0. The standard InChI is InChI=1S/C20H23NO4/c1-13-8-9-16(10-14(13)2)24-15(3)20(22)21-11-17-12-23-18-6-4-5-7-19(18)25-17/h4-10,15,17H,11-12H2,1-3H3,(H,21,22). The number of hydrogen-bond donors (Lipinski definition) is 1. The summed E-state index contributed by atoms with van der Waals surface area (Å²) in [5.41, 5.74) is 2.33. The molecule has 0 aromatic heterocycles. The van der Waals surface area contributed by atoms with Gasteiger partial charge in [0.25, 0.3) is 5.91 Å². The minimum Gasteiger partial charge on any atom is -0.486 e. The molecular formula is C20H23NO4. The van der Waals surface area contributed by atoms with Gasteiger partial charge in [-0.3, -0.25) is 4.79 Å². The molecule has 1 heterocycles. The minimum atomic E-state index is -0.584. The number of carbonyl (C=O) groups excluding carboxylic acids is 1. The molecule has 1 aliphatic rings. The van der Waals surface area contributed by atoms with Crippen LogP contribution in [0.25, 0.3) is 0 Å². The lowest BCUT2D eigenvalue weighted by molar-refractivity contribution is -0.127. The van der Waals surface area contributed by atoms with Crippen molar-refractivity contribution in [2.24, 2.45) is 0 Å². The van der Waals surface area contributed by atoms with Crippen LogP contribution in [-0.2, 0) is 4.79 Å². The summed E-state index contributed by atoms with van der Waals surface area (Å²) in [5, 5.41) is 2.86. The van der Waals surface area contributed by atoms with Gasteiger partial charge in [0.1, 0.15) is 18.5 Å². The molecule has 25 heavy (non-hydrogen) atoms. The number of rotatable bonds is 5. The zero-order valence-electron chi connectivity index (χ0n) is 14.7. The van der Waals surface area contributed by atoms with Crippen molar-refractivity contribution in [2.75, 3.05) is 13.2 Å². The van der Waals surface area contributed by atoms with Crippen LogP contribution < -0.4 is 19.5 Å². The van der Waals surface area contributed by atoms with E-state index < -0.39 is 6.10 Å². The van der Waals surface area contributed by atoms with Gasteiger partial charge in [0.05, 0.1) is 6.54 Å². The quantitative estimate of drug-likeness (QED) is 0.908. The number of nitrogens with one attached hydrogen (secondary N) is 1. The van der Waals surface area contributed by atoms with Gasteiger partial charge in [0.2, 0.25) is 0 Å². The minimum absolute atomic E-state index is 0.180. The lowest BCUT2D eigenvalue weighted by atomic mass is 10.1. The molecule has 3 rings (SSSR count). The third kappa shape index (κ3) is 4.24. The smallest absolute Gasteiger partial charge is 0.260 e. The lowest BCUT2D eigenvalue weighted by Crippen LogP contribution is -2.44. The first kappa shape index (κ1) is 17.1. The molecule has 0 saturated heterocycles. The number of fused-ring (bicyclic) bond motifs is 1. The molecule has 0 aliphatic carbocycles. The largest absolute Gasteiger partial charge is 0.486 e. The summed E-state index contributed by atoms with van der Waals surface area (Å²) in [6, 6.07) is 13.3. The average molecular weight is 341 g/mol. The maximum Gasteiger partial charge on any atom is 0.260 e. The molecule has 1 aliphatic heterocycles. The molecule has 0 fully saturated rings. The van der Waals surface area contributed by atoms with Gasteiger partial charge >= 0.3 is 0 Å². The second-order valence-corrected chi connectivity index (χ2v) is 6.25. The van der Waals surface area contributed by atoms with Crippen molar-refractivity contribution in [3.63, 3.8) is 0 Å². The molecule has 0 saturated carbocycles. The summed E-state index contributed by atoms with van der Waals surface area (Å²) < 4.78 is 17.2. The van der Waals surface area contributed by atoms with E-state index in [0.29, 0.717) is 24.7 Å². The van der Waals surface area contributed by atoms with Gasteiger partial charge in [-0.1, -0.05) is 18.2 Å². The SMILES string of the molecule is Cc1ccc(OC(C)C(=O)NCC2COc3ccccc3O2)cc1C. The summed E-state index contributed by atoms with van der Waals surface area (Å²) in [4.78, 5) is 12.3. The molecule has 2 aromatic carbocycles. The Morgan fingerprint density at radius 3 is 2.72 bits per heavy atom. The van der Waals surface area contributed by atoms with Crippen LogP contribution in [0, 0.1) is 13.8 Å². The van der Waals surface area contributed by atoms with Crippen LogP contribution in [0.2, 0.25) is 0 Å². The van der Waals surface area contributed by atoms with Crippen LogP contribution in [0.5, 0.6) is 17.2 Å². The van der Waals surface area contributed by atoms with E-state index in [1.807, 2.05) is 56.3 Å². The third-order valence-corrected chi connectivity index (χ3v) is 4.23. The van der Waals surface area contributed by atoms with Crippen LogP contribution >= 0.6 is 0 Å². The summed E-state index contributed by atoms with van der Waals surface area (Å²) in [7, 11) is 0. The van der Waals surface area contributed by atoms with Crippen LogP contribution in [0.1, 0.15) is 18.1 Å². The molecule has 132 valence electrons. The zero-order chi connectivity index (χ0) is 17.8. The Morgan fingerprint density at radius 1 is 1.20 bits per heavy atom. The third-order valence-electron chi connectivity index (χ3n) is 4.23. The highest BCUT2D eigenvalue weighted by molar-refractivity contribution is 5.80. The number of hydrogen-bond acceptors (Lipinski definition) is 4. The first-order valence-electron chi connectivity index (χ1n) is 8.43. The molecule has 0 radical (unpaired) electrons. The van der Waals surface area contributed by atoms with Crippen molar-refractivity contribution in [1.29, 1.82) is 0 Å². The van der Waals surface area contributed by atoms with E-state index in [1.54, 1.807) is 6.92 Å². The van der Waals surface area contributed by atoms with Crippen LogP contribution in [0.4, 0.5) is 0 Å². The van der Waals surface area contributed by atoms with Crippen molar-refractivity contribution in [1.82, 2.24) is 5.32 Å². The molecule has 2 unspecified atom stereocenters. The van der Waals surface area contributed by atoms with E-state index in [0.717, 1.165) is 11.3 Å². The molecule has 2 aromatic rings. The normalized spacial score (nSPS) is 16.8. The Bertz CT molecular complexity index is 759. The number of aryl methyl sites for hydroxylation is 2. The Balaban J connectivity index is 1.50. The van der Waals surface area contributed by atoms with Gasteiger partial charge in [0, 0.05) is 0 Å². The molecule has 0 bridgehead atoms. The van der Waals surface area contributed by atoms with Crippen molar-refractivity contribution >= 4 is 5.91 Å². The van der Waals surface area contributed by atoms with E-state index in [2.05, 4.69) is 5.32 Å². The predicted octanol–water partition coefficient (Wildman–Crippen LogP) is 3.03. The van der Waals surface area contributed by atoms with Crippen molar-refractivity contribution in [3.05, 3.63) is 53.6 Å². The molecule has 2 atom stereocenters. The maximum atomic E-state index is 12.3. The number of para-hydroxylation sites is 2. The second kappa shape index (κ2) is 7.47. The average Bonchev–Trinajstić information content (AvgIpc) is 2.62. The van der Waals surface area contributed by atoms with Crippen molar-refractivity contribution in [3.8, 4) is 17.2 Å². The number of ether oxygens (including phenoxy) is 3. The summed E-state index contributed by atoms with van der Waals surface area (Å²) >= 11 is 0. The summed E-state index contributed by atoms with van der Waals surface area (Å²) in [6.45, 7) is 6.57. The first-order valence-corrected chi connectivity index (χ1v) is 8.43. The molecular weight excluding hydrogens is 318 g/mol.